The van der Waals surface area contributed by atoms with Crippen molar-refractivity contribution in [1.82, 2.24) is 10.8 Å². The van der Waals surface area contributed by atoms with Gasteiger partial charge in [-0.15, -0.1) is 0 Å². The molecular weight excluding hydrogens is 280 g/mol. The summed E-state index contributed by atoms with van der Waals surface area (Å²) in [6.07, 6.45) is 0. The van der Waals surface area contributed by atoms with E-state index < -0.39 is 5.91 Å². The van der Waals surface area contributed by atoms with Gasteiger partial charge in [0.2, 0.25) is 5.91 Å². The Labute approximate surface area is 131 Å². The summed E-state index contributed by atoms with van der Waals surface area (Å²) in [6, 6.07) is 6.66. The Balaban J connectivity index is 2.03. The van der Waals surface area contributed by atoms with E-state index in [1.807, 2.05) is 6.92 Å². The molecule has 1 fully saturated rings. The molecule has 0 heterocycles. The lowest BCUT2D eigenvalue weighted by Gasteiger charge is -2.15. The van der Waals surface area contributed by atoms with Crippen LogP contribution in [0.5, 0.6) is 0 Å². The number of amides is 2. The molecule has 2 rings (SSSR count). The summed E-state index contributed by atoms with van der Waals surface area (Å²) in [5.74, 6) is -0.466. The van der Waals surface area contributed by atoms with Crippen molar-refractivity contribution in [3.05, 3.63) is 35.4 Å². The van der Waals surface area contributed by atoms with Gasteiger partial charge in [0.15, 0.2) is 0 Å². The summed E-state index contributed by atoms with van der Waals surface area (Å²) in [7, 11) is 0. The van der Waals surface area contributed by atoms with Crippen molar-refractivity contribution in [2.24, 2.45) is 16.7 Å². The minimum atomic E-state index is -0.551. The number of nitrogens with one attached hydrogen (secondary N) is 2. The standard InChI is InChI=1S/C17H24N2O3/c1-10(11-6-8-12(9-7-11)14(20)19-22)18-15(21)13-16(2,3)17(13,4)5/h6-10,13,22H,1-5H3,(H,18,21)(H,19,20). The topological polar surface area (TPSA) is 78.4 Å². The minimum Gasteiger partial charge on any atom is -0.349 e. The van der Waals surface area contributed by atoms with Crippen molar-refractivity contribution in [3.63, 3.8) is 0 Å². The molecule has 1 atom stereocenters. The second-order valence-electron chi connectivity index (χ2n) is 7.17. The molecule has 0 aromatic heterocycles. The molecule has 5 heteroatoms. The molecule has 1 aliphatic rings. The Hall–Kier alpha value is -1.88. The molecule has 0 radical (unpaired) electrons. The number of benzene rings is 1. The summed E-state index contributed by atoms with van der Waals surface area (Å²) >= 11 is 0. The summed E-state index contributed by atoms with van der Waals surface area (Å²) in [5, 5.41) is 11.6. The maximum Gasteiger partial charge on any atom is 0.274 e. The molecule has 1 aliphatic carbocycles. The highest BCUT2D eigenvalue weighted by molar-refractivity contribution is 5.93. The first-order valence-electron chi connectivity index (χ1n) is 7.47. The number of carbonyl (C=O) groups is 2. The highest BCUT2D eigenvalue weighted by Crippen LogP contribution is 2.68. The fourth-order valence-electron chi connectivity index (χ4n) is 3.22. The van der Waals surface area contributed by atoms with Crippen LogP contribution >= 0.6 is 0 Å². The van der Waals surface area contributed by atoms with Gasteiger partial charge >= 0.3 is 0 Å². The van der Waals surface area contributed by atoms with Crippen LogP contribution in [0.25, 0.3) is 0 Å². The van der Waals surface area contributed by atoms with Crippen molar-refractivity contribution in [1.29, 1.82) is 0 Å². The highest BCUT2D eigenvalue weighted by Gasteiger charge is 2.68. The molecule has 22 heavy (non-hydrogen) atoms. The molecule has 0 spiro atoms. The Morgan fingerprint density at radius 1 is 1.09 bits per heavy atom. The van der Waals surface area contributed by atoms with E-state index in [1.165, 1.54) is 0 Å². The Morgan fingerprint density at radius 2 is 1.59 bits per heavy atom. The van der Waals surface area contributed by atoms with E-state index in [0.29, 0.717) is 5.56 Å². The lowest BCUT2D eigenvalue weighted by atomic mass is 10.0. The first-order chi connectivity index (χ1) is 10.1. The number of hydrogen-bond donors (Lipinski definition) is 3. The summed E-state index contributed by atoms with van der Waals surface area (Å²) in [6.45, 7) is 10.4. The van der Waals surface area contributed by atoms with E-state index >= 15 is 0 Å². The third-order valence-electron chi connectivity index (χ3n) is 5.42. The summed E-state index contributed by atoms with van der Waals surface area (Å²) in [4.78, 5) is 23.7. The predicted molar refractivity (Wildman–Crippen MR) is 83.3 cm³/mol. The fraction of sp³-hybridized carbons (Fsp3) is 0.529. The second-order valence-corrected chi connectivity index (χ2v) is 7.17. The van der Waals surface area contributed by atoms with E-state index in [1.54, 1.807) is 29.7 Å². The van der Waals surface area contributed by atoms with Gasteiger partial charge in [-0.2, -0.15) is 0 Å². The third-order valence-corrected chi connectivity index (χ3v) is 5.42. The van der Waals surface area contributed by atoms with Crippen molar-refractivity contribution >= 4 is 11.8 Å². The first kappa shape index (κ1) is 16.5. The molecule has 120 valence electrons. The normalized spacial score (nSPS) is 20.1. The molecule has 5 nitrogen and oxygen atoms in total. The van der Waals surface area contributed by atoms with Gasteiger partial charge in [-0.3, -0.25) is 14.8 Å². The van der Waals surface area contributed by atoms with Crippen LogP contribution in [-0.4, -0.2) is 17.0 Å². The molecule has 1 aromatic rings. The molecule has 0 aliphatic heterocycles. The van der Waals surface area contributed by atoms with Gasteiger partial charge in [0, 0.05) is 11.5 Å². The average molecular weight is 304 g/mol. The summed E-state index contributed by atoms with van der Waals surface area (Å²) < 4.78 is 0. The van der Waals surface area contributed by atoms with E-state index in [9.17, 15) is 9.59 Å². The lowest BCUT2D eigenvalue weighted by Crippen LogP contribution is -2.30. The van der Waals surface area contributed by atoms with Gasteiger partial charge in [0.05, 0.1) is 6.04 Å². The smallest absolute Gasteiger partial charge is 0.274 e. The van der Waals surface area contributed by atoms with E-state index in [4.69, 9.17) is 5.21 Å². The van der Waals surface area contributed by atoms with Crippen LogP contribution in [0.3, 0.4) is 0 Å². The van der Waals surface area contributed by atoms with Gasteiger partial charge in [0.1, 0.15) is 0 Å². The molecule has 3 N–H and O–H groups in total. The maximum atomic E-state index is 12.4. The number of hydroxylamine groups is 1. The highest BCUT2D eigenvalue weighted by atomic mass is 16.5. The van der Waals surface area contributed by atoms with Crippen LogP contribution in [0.2, 0.25) is 0 Å². The van der Waals surface area contributed by atoms with Gasteiger partial charge in [-0.05, 0) is 35.4 Å². The molecule has 0 bridgehead atoms. The number of carbonyl (C=O) groups excluding carboxylic acids is 2. The van der Waals surface area contributed by atoms with Gasteiger partial charge in [-0.1, -0.05) is 39.8 Å². The van der Waals surface area contributed by atoms with Crippen LogP contribution in [0.1, 0.15) is 56.6 Å². The van der Waals surface area contributed by atoms with Crippen LogP contribution in [0.4, 0.5) is 0 Å². The van der Waals surface area contributed by atoms with Crippen LogP contribution in [0, 0.1) is 16.7 Å². The predicted octanol–water partition coefficient (Wildman–Crippen LogP) is 2.67. The molecule has 1 saturated carbocycles. The van der Waals surface area contributed by atoms with Crippen LogP contribution < -0.4 is 10.8 Å². The number of hydrogen-bond acceptors (Lipinski definition) is 3. The average Bonchev–Trinajstić information content (AvgIpc) is 2.87. The van der Waals surface area contributed by atoms with E-state index in [2.05, 4.69) is 33.0 Å². The van der Waals surface area contributed by atoms with Gasteiger partial charge in [0.25, 0.3) is 5.91 Å². The molecular formula is C17H24N2O3. The van der Waals surface area contributed by atoms with Gasteiger partial charge in [-0.25, -0.2) is 5.48 Å². The monoisotopic (exact) mass is 304 g/mol. The van der Waals surface area contributed by atoms with Crippen LogP contribution in [-0.2, 0) is 4.79 Å². The Kier molecular flexibility index (Phi) is 4.04. The van der Waals surface area contributed by atoms with Crippen molar-refractivity contribution in [3.8, 4) is 0 Å². The largest absolute Gasteiger partial charge is 0.349 e. The zero-order chi connectivity index (χ0) is 16.7. The summed E-state index contributed by atoms with van der Waals surface area (Å²) in [5.41, 5.74) is 2.91. The van der Waals surface area contributed by atoms with Crippen molar-refractivity contribution < 1.29 is 14.8 Å². The first-order valence-corrected chi connectivity index (χ1v) is 7.47. The van der Waals surface area contributed by atoms with Crippen LogP contribution in [0.15, 0.2) is 24.3 Å². The molecule has 1 aromatic carbocycles. The lowest BCUT2D eigenvalue weighted by molar-refractivity contribution is -0.124. The minimum absolute atomic E-state index is 0.0138. The SMILES string of the molecule is CC(NC(=O)C1C(C)(C)C1(C)C)c1ccc(C(=O)NO)cc1. The quantitative estimate of drug-likeness (QED) is 0.591. The zero-order valence-corrected chi connectivity index (χ0v) is 13.7. The van der Waals surface area contributed by atoms with E-state index in [0.717, 1.165) is 5.56 Å². The molecule has 2 amide bonds. The number of rotatable bonds is 4. The molecule has 0 saturated heterocycles. The Bertz CT molecular complexity index is 576. The maximum absolute atomic E-state index is 12.4. The van der Waals surface area contributed by atoms with Gasteiger partial charge < -0.3 is 5.32 Å². The third kappa shape index (κ3) is 2.61. The second kappa shape index (κ2) is 5.39. The Morgan fingerprint density at radius 3 is 2.00 bits per heavy atom. The molecule has 1 unspecified atom stereocenters. The van der Waals surface area contributed by atoms with Crippen molar-refractivity contribution in [2.75, 3.05) is 0 Å². The van der Waals surface area contributed by atoms with Crippen molar-refractivity contribution in [2.45, 2.75) is 40.7 Å². The van der Waals surface area contributed by atoms with E-state index in [-0.39, 0.29) is 28.7 Å². The fourth-order valence-corrected chi connectivity index (χ4v) is 3.22. The zero-order valence-electron chi connectivity index (χ0n) is 13.7.